The standard InChI is InChI=1S/C19H12F3NO2S/c20-19(21,22)14-3-1-4-15(11-14)23-12-13-6-8-16(9-7-13)25-18(24)17-5-2-10-26-17/h1-12H. The second kappa shape index (κ2) is 7.53. The van der Waals surface area contributed by atoms with Crippen LogP contribution in [0.2, 0.25) is 0 Å². The number of carbonyl (C=O) groups is 1. The van der Waals surface area contributed by atoms with Crippen LogP contribution in [0.25, 0.3) is 0 Å². The Hall–Kier alpha value is -2.93. The van der Waals surface area contributed by atoms with Crippen LogP contribution in [0.1, 0.15) is 20.8 Å². The minimum atomic E-state index is -4.40. The Labute approximate surface area is 151 Å². The topological polar surface area (TPSA) is 38.7 Å². The van der Waals surface area contributed by atoms with E-state index in [0.717, 1.165) is 12.1 Å². The van der Waals surface area contributed by atoms with Crippen molar-refractivity contribution in [3.63, 3.8) is 0 Å². The third kappa shape index (κ3) is 4.58. The fourth-order valence-corrected chi connectivity index (χ4v) is 2.68. The molecule has 0 aliphatic carbocycles. The zero-order chi connectivity index (χ0) is 18.6. The molecule has 1 aromatic heterocycles. The minimum absolute atomic E-state index is 0.202. The number of hydrogen-bond acceptors (Lipinski definition) is 4. The first-order chi connectivity index (χ1) is 12.4. The maximum Gasteiger partial charge on any atom is 0.416 e. The highest BCUT2D eigenvalue weighted by Gasteiger charge is 2.30. The van der Waals surface area contributed by atoms with E-state index in [0.29, 0.717) is 16.2 Å². The maximum atomic E-state index is 12.7. The Balaban J connectivity index is 1.67. The van der Waals surface area contributed by atoms with Gasteiger partial charge in [0.15, 0.2) is 0 Å². The number of benzene rings is 2. The lowest BCUT2D eigenvalue weighted by atomic mass is 10.2. The fraction of sp³-hybridized carbons (Fsp3) is 0.0526. The van der Waals surface area contributed by atoms with Gasteiger partial charge in [0.05, 0.1) is 11.3 Å². The van der Waals surface area contributed by atoms with E-state index in [1.807, 2.05) is 0 Å². The molecule has 0 fully saturated rings. The summed E-state index contributed by atoms with van der Waals surface area (Å²) in [6, 6.07) is 14.7. The van der Waals surface area contributed by atoms with Crippen LogP contribution in [-0.2, 0) is 6.18 Å². The third-order valence-electron chi connectivity index (χ3n) is 3.35. The molecule has 0 atom stereocenters. The normalized spacial score (nSPS) is 11.7. The molecule has 3 aromatic rings. The summed E-state index contributed by atoms with van der Waals surface area (Å²) in [5.74, 6) is -0.0648. The zero-order valence-corrected chi connectivity index (χ0v) is 14.1. The number of aliphatic imine (C=N–C) groups is 1. The second-order valence-corrected chi connectivity index (χ2v) is 6.19. The van der Waals surface area contributed by atoms with Gasteiger partial charge in [-0.25, -0.2) is 4.79 Å². The molecule has 0 saturated carbocycles. The van der Waals surface area contributed by atoms with Crippen molar-refractivity contribution in [1.82, 2.24) is 0 Å². The van der Waals surface area contributed by atoms with Crippen molar-refractivity contribution in [2.24, 2.45) is 4.99 Å². The highest BCUT2D eigenvalue weighted by Crippen LogP contribution is 2.31. The number of rotatable bonds is 4. The summed E-state index contributed by atoms with van der Waals surface area (Å²) in [7, 11) is 0. The highest BCUT2D eigenvalue weighted by molar-refractivity contribution is 7.12. The van der Waals surface area contributed by atoms with E-state index in [9.17, 15) is 18.0 Å². The summed E-state index contributed by atoms with van der Waals surface area (Å²) in [6.45, 7) is 0. The molecule has 1 heterocycles. The molecule has 7 heteroatoms. The van der Waals surface area contributed by atoms with E-state index < -0.39 is 17.7 Å². The Morgan fingerprint density at radius 2 is 1.81 bits per heavy atom. The molecule has 0 amide bonds. The quantitative estimate of drug-likeness (QED) is 0.331. The summed E-state index contributed by atoms with van der Waals surface area (Å²) in [5.41, 5.74) is 0.120. The molecule has 0 spiro atoms. The van der Waals surface area contributed by atoms with Crippen molar-refractivity contribution < 1.29 is 22.7 Å². The van der Waals surface area contributed by atoms with Crippen molar-refractivity contribution in [3.05, 3.63) is 82.0 Å². The lowest BCUT2D eigenvalue weighted by Crippen LogP contribution is -2.06. The van der Waals surface area contributed by atoms with Gasteiger partial charge in [-0.3, -0.25) is 4.99 Å². The van der Waals surface area contributed by atoms with E-state index in [4.69, 9.17) is 4.74 Å². The first-order valence-corrected chi connectivity index (χ1v) is 8.37. The number of thiophene rings is 1. The average molecular weight is 375 g/mol. The lowest BCUT2D eigenvalue weighted by Gasteiger charge is -2.06. The second-order valence-electron chi connectivity index (χ2n) is 5.24. The number of halogens is 3. The number of hydrogen-bond donors (Lipinski definition) is 0. The molecule has 2 aromatic carbocycles. The van der Waals surface area contributed by atoms with Crippen molar-refractivity contribution in [2.75, 3.05) is 0 Å². The van der Waals surface area contributed by atoms with Crippen molar-refractivity contribution in [1.29, 1.82) is 0 Å². The van der Waals surface area contributed by atoms with Gasteiger partial charge in [-0.1, -0.05) is 12.1 Å². The Bertz CT molecular complexity index is 917. The number of ether oxygens (including phenoxy) is 1. The molecule has 0 radical (unpaired) electrons. The highest BCUT2D eigenvalue weighted by atomic mass is 32.1. The van der Waals surface area contributed by atoms with Crippen LogP contribution >= 0.6 is 11.3 Å². The van der Waals surface area contributed by atoms with E-state index in [-0.39, 0.29) is 5.69 Å². The van der Waals surface area contributed by atoms with Crippen LogP contribution in [0.4, 0.5) is 18.9 Å². The number of esters is 1. The summed E-state index contributed by atoms with van der Waals surface area (Å²) in [4.78, 5) is 16.4. The van der Waals surface area contributed by atoms with E-state index in [1.165, 1.54) is 29.7 Å². The molecule has 3 rings (SSSR count). The van der Waals surface area contributed by atoms with Gasteiger partial charge < -0.3 is 4.74 Å². The van der Waals surface area contributed by atoms with Crippen LogP contribution in [0.3, 0.4) is 0 Å². The molecular weight excluding hydrogens is 363 g/mol. The van der Waals surface area contributed by atoms with Crippen LogP contribution < -0.4 is 4.74 Å². The van der Waals surface area contributed by atoms with Crippen LogP contribution in [0.15, 0.2) is 71.0 Å². The fourth-order valence-electron chi connectivity index (χ4n) is 2.09. The average Bonchev–Trinajstić information content (AvgIpc) is 3.15. The van der Waals surface area contributed by atoms with Gasteiger partial charge in [0, 0.05) is 6.21 Å². The van der Waals surface area contributed by atoms with Crippen molar-refractivity contribution >= 4 is 29.2 Å². The van der Waals surface area contributed by atoms with E-state index >= 15 is 0 Å². The summed E-state index contributed by atoms with van der Waals surface area (Å²) >= 11 is 1.29. The molecular formula is C19H12F3NO2S. The van der Waals surface area contributed by atoms with Crippen molar-refractivity contribution in [2.45, 2.75) is 6.18 Å². The predicted octanol–water partition coefficient (Wildman–Crippen LogP) is 5.74. The van der Waals surface area contributed by atoms with Crippen LogP contribution in [-0.4, -0.2) is 12.2 Å². The first-order valence-electron chi connectivity index (χ1n) is 7.49. The number of carbonyl (C=O) groups excluding carboxylic acids is 1. The first kappa shape index (κ1) is 17.9. The molecule has 0 saturated heterocycles. The van der Waals surface area contributed by atoms with Gasteiger partial charge in [0.1, 0.15) is 10.6 Å². The number of alkyl halides is 3. The Morgan fingerprint density at radius 1 is 1.04 bits per heavy atom. The van der Waals surface area contributed by atoms with Gasteiger partial charge in [-0.2, -0.15) is 13.2 Å². The molecule has 3 nitrogen and oxygen atoms in total. The largest absolute Gasteiger partial charge is 0.422 e. The summed E-state index contributed by atoms with van der Waals surface area (Å²) < 4.78 is 43.3. The molecule has 0 N–H and O–H groups in total. The monoisotopic (exact) mass is 375 g/mol. The molecule has 0 aliphatic heterocycles. The van der Waals surface area contributed by atoms with E-state index in [1.54, 1.807) is 41.8 Å². The van der Waals surface area contributed by atoms with Gasteiger partial charge in [-0.05, 0) is 59.5 Å². The molecule has 132 valence electrons. The van der Waals surface area contributed by atoms with Gasteiger partial charge >= 0.3 is 12.1 Å². The SMILES string of the molecule is O=C(Oc1ccc(C=Nc2cccc(C(F)(F)F)c2)cc1)c1cccs1. The molecule has 0 unspecified atom stereocenters. The third-order valence-corrected chi connectivity index (χ3v) is 4.20. The van der Waals surface area contributed by atoms with Gasteiger partial charge in [0.25, 0.3) is 0 Å². The Kier molecular flexibility index (Phi) is 5.18. The molecule has 0 aliphatic rings. The molecule has 26 heavy (non-hydrogen) atoms. The zero-order valence-electron chi connectivity index (χ0n) is 13.2. The van der Waals surface area contributed by atoms with Gasteiger partial charge in [-0.15, -0.1) is 11.3 Å². The van der Waals surface area contributed by atoms with Crippen LogP contribution in [0.5, 0.6) is 5.75 Å². The maximum absolute atomic E-state index is 12.7. The van der Waals surface area contributed by atoms with Crippen molar-refractivity contribution in [3.8, 4) is 5.75 Å². The van der Waals surface area contributed by atoms with Gasteiger partial charge in [0.2, 0.25) is 0 Å². The summed E-state index contributed by atoms with van der Waals surface area (Å²) in [6.07, 6.45) is -2.96. The van der Waals surface area contributed by atoms with E-state index in [2.05, 4.69) is 4.99 Å². The minimum Gasteiger partial charge on any atom is -0.422 e. The number of nitrogens with zero attached hydrogens (tertiary/aromatic N) is 1. The van der Waals surface area contributed by atoms with Crippen LogP contribution in [0, 0.1) is 0 Å². The smallest absolute Gasteiger partial charge is 0.416 e. The molecule has 0 bridgehead atoms. The lowest BCUT2D eigenvalue weighted by molar-refractivity contribution is -0.137. The Morgan fingerprint density at radius 3 is 2.46 bits per heavy atom. The predicted molar refractivity (Wildman–Crippen MR) is 94.4 cm³/mol. The summed E-state index contributed by atoms with van der Waals surface area (Å²) in [5, 5.41) is 1.78.